The average molecular weight is 269 g/mol. The summed E-state index contributed by atoms with van der Waals surface area (Å²) >= 11 is 0. The van der Waals surface area contributed by atoms with Crippen LogP contribution in [0.2, 0.25) is 0 Å². The second-order valence-corrected chi connectivity index (χ2v) is 6.52. The van der Waals surface area contributed by atoms with Gasteiger partial charge in [0.15, 0.2) is 0 Å². The molecule has 2 aliphatic rings. The summed E-state index contributed by atoms with van der Waals surface area (Å²) in [5.41, 5.74) is -0.404. The maximum Gasteiger partial charge on any atom is 0.410 e. The summed E-state index contributed by atoms with van der Waals surface area (Å²) < 4.78 is 5.50. The molecule has 1 amide bonds. The van der Waals surface area contributed by atoms with E-state index in [1.54, 1.807) is 0 Å². The van der Waals surface area contributed by atoms with E-state index in [0.29, 0.717) is 6.04 Å². The van der Waals surface area contributed by atoms with Gasteiger partial charge in [-0.3, -0.25) is 4.90 Å². The SMILES string of the molecule is CC(C)(C)OC(=O)N1CCCC1CN1CCNCC1. The van der Waals surface area contributed by atoms with E-state index in [2.05, 4.69) is 10.2 Å². The molecule has 0 spiro atoms. The second-order valence-electron chi connectivity index (χ2n) is 6.52. The fraction of sp³-hybridized carbons (Fsp3) is 0.929. The van der Waals surface area contributed by atoms with Crippen molar-refractivity contribution in [3.05, 3.63) is 0 Å². The zero-order valence-electron chi connectivity index (χ0n) is 12.4. The van der Waals surface area contributed by atoms with E-state index in [1.807, 2.05) is 25.7 Å². The van der Waals surface area contributed by atoms with E-state index >= 15 is 0 Å². The summed E-state index contributed by atoms with van der Waals surface area (Å²) in [6.45, 7) is 11.9. The van der Waals surface area contributed by atoms with Crippen molar-refractivity contribution < 1.29 is 9.53 Å². The normalized spacial score (nSPS) is 25.6. The number of hydrogen-bond donors (Lipinski definition) is 1. The molecule has 2 saturated heterocycles. The van der Waals surface area contributed by atoms with Gasteiger partial charge in [0.25, 0.3) is 0 Å². The van der Waals surface area contributed by atoms with E-state index in [1.165, 1.54) is 0 Å². The average Bonchev–Trinajstić information content (AvgIpc) is 2.76. The second kappa shape index (κ2) is 6.09. The molecule has 1 N–H and O–H groups in total. The monoisotopic (exact) mass is 269 g/mol. The van der Waals surface area contributed by atoms with Gasteiger partial charge in [-0.15, -0.1) is 0 Å². The summed E-state index contributed by atoms with van der Waals surface area (Å²) in [6, 6.07) is 0.327. The molecule has 2 heterocycles. The highest BCUT2D eigenvalue weighted by Crippen LogP contribution is 2.21. The largest absolute Gasteiger partial charge is 0.444 e. The lowest BCUT2D eigenvalue weighted by atomic mass is 10.2. The van der Waals surface area contributed by atoms with E-state index in [-0.39, 0.29) is 6.09 Å². The number of ether oxygens (including phenoxy) is 1. The highest BCUT2D eigenvalue weighted by molar-refractivity contribution is 5.69. The lowest BCUT2D eigenvalue weighted by Gasteiger charge is -2.34. The first kappa shape index (κ1) is 14.6. The van der Waals surface area contributed by atoms with Crippen LogP contribution in [0, 0.1) is 0 Å². The van der Waals surface area contributed by atoms with Crippen LogP contribution in [0.3, 0.4) is 0 Å². The van der Waals surface area contributed by atoms with Crippen LogP contribution in [0.4, 0.5) is 4.79 Å². The highest BCUT2D eigenvalue weighted by Gasteiger charge is 2.33. The molecule has 0 aliphatic carbocycles. The van der Waals surface area contributed by atoms with Crippen LogP contribution in [-0.4, -0.2) is 66.8 Å². The van der Waals surface area contributed by atoms with Crippen LogP contribution >= 0.6 is 0 Å². The number of rotatable bonds is 2. The predicted molar refractivity (Wildman–Crippen MR) is 75.3 cm³/mol. The third-order valence-corrected chi connectivity index (χ3v) is 3.68. The van der Waals surface area contributed by atoms with Gasteiger partial charge in [-0.1, -0.05) is 0 Å². The summed E-state index contributed by atoms with van der Waals surface area (Å²) in [4.78, 5) is 16.6. The fourth-order valence-corrected chi connectivity index (χ4v) is 2.78. The molecule has 2 aliphatic heterocycles. The van der Waals surface area contributed by atoms with Gasteiger partial charge in [0, 0.05) is 45.3 Å². The molecule has 19 heavy (non-hydrogen) atoms. The molecule has 110 valence electrons. The molecule has 2 fully saturated rings. The number of amides is 1. The molecular weight excluding hydrogens is 242 g/mol. The van der Waals surface area contributed by atoms with Crippen LogP contribution in [0.1, 0.15) is 33.6 Å². The van der Waals surface area contributed by atoms with Gasteiger partial charge in [0.2, 0.25) is 0 Å². The molecule has 0 bridgehead atoms. The summed E-state index contributed by atoms with van der Waals surface area (Å²) in [6.07, 6.45) is 2.05. The minimum absolute atomic E-state index is 0.148. The van der Waals surface area contributed by atoms with Crippen molar-refractivity contribution in [3.8, 4) is 0 Å². The summed E-state index contributed by atoms with van der Waals surface area (Å²) in [7, 11) is 0. The highest BCUT2D eigenvalue weighted by atomic mass is 16.6. The Bertz CT molecular complexity index is 308. The van der Waals surface area contributed by atoms with E-state index in [9.17, 15) is 4.79 Å². The Morgan fingerprint density at radius 1 is 1.26 bits per heavy atom. The maximum absolute atomic E-state index is 12.2. The van der Waals surface area contributed by atoms with Gasteiger partial charge in [-0.05, 0) is 33.6 Å². The number of hydrogen-bond acceptors (Lipinski definition) is 4. The summed E-state index contributed by atoms with van der Waals surface area (Å²) in [5.74, 6) is 0. The Morgan fingerprint density at radius 2 is 1.95 bits per heavy atom. The Hall–Kier alpha value is -0.810. The summed E-state index contributed by atoms with van der Waals surface area (Å²) in [5, 5.41) is 3.36. The van der Waals surface area contributed by atoms with E-state index in [4.69, 9.17) is 4.74 Å². The van der Waals surface area contributed by atoms with Crippen molar-refractivity contribution in [2.75, 3.05) is 39.3 Å². The molecule has 5 nitrogen and oxygen atoms in total. The lowest BCUT2D eigenvalue weighted by Crippen LogP contribution is -2.50. The number of piperazine rings is 1. The number of nitrogens with one attached hydrogen (secondary N) is 1. The van der Waals surface area contributed by atoms with Crippen molar-refractivity contribution >= 4 is 6.09 Å². The smallest absolute Gasteiger partial charge is 0.410 e. The van der Waals surface area contributed by atoms with Gasteiger partial charge in [-0.2, -0.15) is 0 Å². The van der Waals surface area contributed by atoms with Crippen LogP contribution < -0.4 is 5.32 Å². The minimum atomic E-state index is -0.404. The van der Waals surface area contributed by atoms with Crippen molar-refractivity contribution in [1.29, 1.82) is 0 Å². The number of nitrogens with zero attached hydrogens (tertiary/aromatic N) is 2. The zero-order valence-corrected chi connectivity index (χ0v) is 12.4. The Balaban J connectivity index is 1.87. The van der Waals surface area contributed by atoms with Gasteiger partial charge in [-0.25, -0.2) is 4.79 Å². The standard InChI is InChI=1S/C14H27N3O2/c1-14(2,3)19-13(18)17-8-4-5-12(17)11-16-9-6-15-7-10-16/h12,15H,4-11H2,1-3H3. The molecule has 2 rings (SSSR count). The van der Waals surface area contributed by atoms with Gasteiger partial charge in [0.1, 0.15) is 5.60 Å². The third-order valence-electron chi connectivity index (χ3n) is 3.68. The van der Waals surface area contributed by atoms with Crippen LogP contribution in [0.5, 0.6) is 0 Å². The molecular formula is C14H27N3O2. The Morgan fingerprint density at radius 3 is 2.58 bits per heavy atom. The number of carbonyl (C=O) groups is 1. The molecule has 0 aromatic rings. The van der Waals surface area contributed by atoms with Crippen molar-refractivity contribution in [1.82, 2.24) is 15.1 Å². The first-order valence-electron chi connectivity index (χ1n) is 7.38. The predicted octanol–water partition coefficient (Wildman–Crippen LogP) is 1.29. The fourth-order valence-electron chi connectivity index (χ4n) is 2.78. The van der Waals surface area contributed by atoms with E-state index in [0.717, 1.165) is 52.1 Å². The molecule has 0 aromatic carbocycles. The van der Waals surface area contributed by atoms with Crippen molar-refractivity contribution in [3.63, 3.8) is 0 Å². The van der Waals surface area contributed by atoms with Crippen LogP contribution in [0.15, 0.2) is 0 Å². The topological polar surface area (TPSA) is 44.8 Å². The molecule has 1 atom stereocenters. The van der Waals surface area contributed by atoms with Crippen molar-refractivity contribution in [2.45, 2.75) is 45.3 Å². The maximum atomic E-state index is 12.2. The number of likely N-dealkylation sites (tertiary alicyclic amines) is 1. The van der Waals surface area contributed by atoms with Gasteiger partial charge >= 0.3 is 6.09 Å². The first-order valence-corrected chi connectivity index (χ1v) is 7.38. The number of carbonyl (C=O) groups excluding carboxylic acids is 1. The van der Waals surface area contributed by atoms with Crippen LogP contribution in [-0.2, 0) is 4.74 Å². The molecule has 0 saturated carbocycles. The van der Waals surface area contributed by atoms with Gasteiger partial charge in [0.05, 0.1) is 0 Å². The quantitative estimate of drug-likeness (QED) is 0.820. The van der Waals surface area contributed by atoms with Crippen LogP contribution in [0.25, 0.3) is 0 Å². The van der Waals surface area contributed by atoms with Crippen molar-refractivity contribution in [2.24, 2.45) is 0 Å². The first-order chi connectivity index (χ1) is 8.96. The molecule has 0 radical (unpaired) electrons. The molecule has 5 heteroatoms. The Kier molecular flexibility index (Phi) is 4.68. The zero-order chi connectivity index (χ0) is 13.9. The molecule has 1 unspecified atom stereocenters. The lowest BCUT2D eigenvalue weighted by molar-refractivity contribution is 0.0193. The van der Waals surface area contributed by atoms with Gasteiger partial charge < -0.3 is 15.0 Å². The minimum Gasteiger partial charge on any atom is -0.444 e. The molecule has 0 aromatic heterocycles. The van der Waals surface area contributed by atoms with E-state index < -0.39 is 5.60 Å². The third kappa shape index (κ3) is 4.35. The Labute approximate surface area is 116 Å².